The van der Waals surface area contributed by atoms with Gasteiger partial charge >= 0.3 is 7.82 Å². The molecule has 0 aromatic heterocycles. The fourth-order valence-corrected chi connectivity index (χ4v) is 0.641. The number of aliphatic hydroxyl groups excluding tert-OH is 2. The lowest BCUT2D eigenvalue weighted by Gasteiger charge is -2.06. The number of aliphatic hydroxyl groups is 2. The molecule has 0 heterocycles. The quantitative estimate of drug-likeness (QED) is 0.379. The van der Waals surface area contributed by atoms with Crippen molar-refractivity contribution in [3.63, 3.8) is 0 Å². The highest BCUT2D eigenvalue weighted by molar-refractivity contribution is 7.46. The SMILES string of the molecule is O=C(COP(=O)(O)O)[C@H](O)CO. The zero-order valence-corrected chi connectivity index (χ0v) is 6.85. The van der Waals surface area contributed by atoms with Gasteiger partial charge in [-0.05, 0) is 0 Å². The molecule has 0 bridgehead atoms. The van der Waals surface area contributed by atoms with Gasteiger partial charge in [0.25, 0.3) is 0 Å². The monoisotopic (exact) mass is 200 g/mol. The number of carbonyl (C=O) groups is 1. The van der Waals surface area contributed by atoms with Gasteiger partial charge in [0.2, 0.25) is 0 Å². The van der Waals surface area contributed by atoms with E-state index in [1.807, 2.05) is 0 Å². The Hall–Kier alpha value is -0.300. The van der Waals surface area contributed by atoms with E-state index in [1.54, 1.807) is 0 Å². The number of rotatable bonds is 5. The third kappa shape index (κ3) is 5.36. The van der Waals surface area contributed by atoms with Gasteiger partial charge in [-0.3, -0.25) is 9.32 Å². The minimum Gasteiger partial charge on any atom is -0.393 e. The topological polar surface area (TPSA) is 124 Å². The minimum absolute atomic E-state index is 0.802. The summed E-state index contributed by atoms with van der Waals surface area (Å²) in [6.45, 7) is -1.73. The molecule has 8 heteroatoms. The van der Waals surface area contributed by atoms with Crippen LogP contribution in [0.15, 0.2) is 0 Å². The van der Waals surface area contributed by atoms with Gasteiger partial charge in [0, 0.05) is 0 Å². The van der Waals surface area contributed by atoms with Gasteiger partial charge in [-0.1, -0.05) is 0 Å². The normalized spacial score (nSPS) is 14.3. The van der Waals surface area contributed by atoms with Crippen molar-refractivity contribution in [2.45, 2.75) is 6.10 Å². The molecule has 72 valence electrons. The average Bonchev–Trinajstić information content (AvgIpc) is 1.97. The predicted octanol–water partition coefficient (Wildman–Crippen LogP) is -1.98. The Morgan fingerprint density at radius 3 is 2.33 bits per heavy atom. The van der Waals surface area contributed by atoms with Crippen molar-refractivity contribution in [1.29, 1.82) is 0 Å². The summed E-state index contributed by atoms with van der Waals surface area (Å²) in [6, 6.07) is 0. The van der Waals surface area contributed by atoms with Crippen molar-refractivity contribution < 1.29 is 33.9 Å². The molecule has 0 rings (SSSR count). The van der Waals surface area contributed by atoms with Gasteiger partial charge < -0.3 is 20.0 Å². The van der Waals surface area contributed by atoms with Crippen LogP contribution in [-0.2, 0) is 13.9 Å². The molecule has 12 heavy (non-hydrogen) atoms. The lowest BCUT2D eigenvalue weighted by atomic mass is 10.3. The lowest BCUT2D eigenvalue weighted by Crippen LogP contribution is -2.27. The predicted molar refractivity (Wildman–Crippen MR) is 36.1 cm³/mol. The van der Waals surface area contributed by atoms with Crippen LogP contribution in [0.1, 0.15) is 0 Å². The average molecular weight is 200 g/mol. The van der Waals surface area contributed by atoms with Crippen LogP contribution in [0, 0.1) is 0 Å². The Bertz CT molecular complexity index is 196. The first-order valence-corrected chi connectivity index (χ1v) is 4.41. The van der Waals surface area contributed by atoms with E-state index in [1.165, 1.54) is 0 Å². The molecular weight excluding hydrogens is 191 g/mol. The van der Waals surface area contributed by atoms with E-state index in [9.17, 15) is 9.36 Å². The summed E-state index contributed by atoms with van der Waals surface area (Å²) in [5, 5.41) is 16.8. The van der Waals surface area contributed by atoms with Crippen LogP contribution < -0.4 is 0 Å². The van der Waals surface area contributed by atoms with E-state index in [4.69, 9.17) is 20.0 Å². The van der Waals surface area contributed by atoms with Crippen molar-refractivity contribution in [2.75, 3.05) is 13.2 Å². The first-order valence-electron chi connectivity index (χ1n) is 2.88. The molecule has 7 nitrogen and oxygen atoms in total. The number of ketones is 1. The molecule has 0 amide bonds. The molecule has 0 unspecified atom stereocenters. The fourth-order valence-electron chi connectivity index (χ4n) is 0.346. The summed E-state index contributed by atoms with van der Waals surface area (Å²) in [6.07, 6.45) is -1.66. The fraction of sp³-hybridized carbons (Fsp3) is 0.750. The highest BCUT2D eigenvalue weighted by Crippen LogP contribution is 2.35. The summed E-state index contributed by atoms with van der Waals surface area (Å²) in [5.74, 6) is -0.985. The summed E-state index contributed by atoms with van der Waals surface area (Å²) < 4.78 is 13.8. The first kappa shape index (κ1) is 11.7. The second kappa shape index (κ2) is 4.66. The third-order valence-corrected chi connectivity index (χ3v) is 1.39. The molecular formula is C4H9O7P. The van der Waals surface area contributed by atoms with Crippen molar-refractivity contribution in [3.8, 4) is 0 Å². The molecule has 0 saturated carbocycles. The number of Topliss-reactive ketones (excluding diaryl/α,β-unsaturated/α-hetero) is 1. The van der Waals surface area contributed by atoms with Crippen molar-refractivity contribution in [2.24, 2.45) is 0 Å². The van der Waals surface area contributed by atoms with Gasteiger partial charge in [0.05, 0.1) is 6.61 Å². The first-order chi connectivity index (χ1) is 5.37. The summed E-state index contributed by atoms with van der Waals surface area (Å²) >= 11 is 0. The number of phosphoric ester groups is 1. The second-order valence-corrected chi connectivity index (χ2v) is 3.17. The maximum atomic E-state index is 10.5. The zero-order chi connectivity index (χ0) is 9.78. The van der Waals surface area contributed by atoms with Crippen molar-refractivity contribution in [1.82, 2.24) is 0 Å². The number of hydrogen-bond acceptors (Lipinski definition) is 5. The minimum atomic E-state index is -4.68. The lowest BCUT2D eigenvalue weighted by molar-refractivity contribution is -0.131. The molecule has 0 saturated heterocycles. The van der Waals surface area contributed by atoms with Crippen LogP contribution in [0.25, 0.3) is 0 Å². The Kier molecular flexibility index (Phi) is 4.54. The molecule has 0 fully saturated rings. The summed E-state index contributed by atoms with van der Waals surface area (Å²) in [4.78, 5) is 26.8. The van der Waals surface area contributed by atoms with Gasteiger partial charge in [-0.2, -0.15) is 0 Å². The molecule has 4 N–H and O–H groups in total. The van der Waals surface area contributed by atoms with E-state index in [-0.39, 0.29) is 0 Å². The molecule has 0 radical (unpaired) electrons. The highest BCUT2D eigenvalue weighted by atomic mass is 31.2. The van der Waals surface area contributed by atoms with Crippen molar-refractivity contribution in [3.05, 3.63) is 0 Å². The summed E-state index contributed by atoms with van der Waals surface area (Å²) in [7, 11) is -4.68. The van der Waals surface area contributed by atoms with E-state index in [0.717, 1.165) is 0 Å². The summed E-state index contributed by atoms with van der Waals surface area (Å²) in [5.41, 5.74) is 0. The van der Waals surface area contributed by atoms with Crippen LogP contribution >= 0.6 is 7.82 Å². The van der Waals surface area contributed by atoms with Crippen LogP contribution in [0.5, 0.6) is 0 Å². The Balaban J connectivity index is 3.80. The van der Waals surface area contributed by atoms with Crippen LogP contribution in [0.3, 0.4) is 0 Å². The van der Waals surface area contributed by atoms with Crippen molar-refractivity contribution >= 4 is 13.6 Å². The van der Waals surface area contributed by atoms with Gasteiger partial charge in [-0.15, -0.1) is 0 Å². The second-order valence-electron chi connectivity index (χ2n) is 1.93. The molecule has 0 aliphatic carbocycles. The highest BCUT2D eigenvalue weighted by Gasteiger charge is 2.20. The maximum absolute atomic E-state index is 10.5. The van der Waals surface area contributed by atoms with E-state index in [2.05, 4.69) is 4.52 Å². The zero-order valence-electron chi connectivity index (χ0n) is 5.95. The molecule has 0 aliphatic heterocycles. The molecule has 0 aromatic rings. The Morgan fingerprint density at radius 1 is 1.50 bits per heavy atom. The molecule has 0 spiro atoms. The van der Waals surface area contributed by atoms with E-state index in [0.29, 0.717) is 0 Å². The largest absolute Gasteiger partial charge is 0.470 e. The third-order valence-electron chi connectivity index (χ3n) is 0.920. The Labute approximate surface area is 67.8 Å². The van der Waals surface area contributed by atoms with Crippen LogP contribution in [-0.4, -0.2) is 45.1 Å². The van der Waals surface area contributed by atoms with Gasteiger partial charge in [-0.25, -0.2) is 4.57 Å². The van der Waals surface area contributed by atoms with Gasteiger partial charge in [0.1, 0.15) is 12.7 Å². The molecule has 0 aliphatic rings. The van der Waals surface area contributed by atoms with Gasteiger partial charge in [0.15, 0.2) is 5.78 Å². The number of carbonyl (C=O) groups excluding carboxylic acids is 1. The number of phosphoric acid groups is 1. The molecule has 1 atom stereocenters. The maximum Gasteiger partial charge on any atom is 0.470 e. The van der Waals surface area contributed by atoms with Crippen LogP contribution in [0.4, 0.5) is 0 Å². The smallest absolute Gasteiger partial charge is 0.393 e. The standard InChI is InChI=1S/C4H9O7P/c5-1-3(6)4(7)2-11-12(8,9)10/h3,5-6H,1-2H2,(H2,8,9,10)/t3-/m1/s1. The van der Waals surface area contributed by atoms with Crippen LogP contribution in [0.2, 0.25) is 0 Å². The number of hydrogen-bond donors (Lipinski definition) is 4. The van der Waals surface area contributed by atoms with E-state index >= 15 is 0 Å². The molecule has 0 aromatic carbocycles. The van der Waals surface area contributed by atoms with E-state index < -0.39 is 32.9 Å². The Morgan fingerprint density at radius 2 is 2.00 bits per heavy atom.